The highest BCUT2D eigenvalue weighted by Gasteiger charge is 2.02. The molecule has 0 aromatic rings. The van der Waals surface area contributed by atoms with Crippen LogP contribution in [-0.2, 0) is 19.6 Å². The largest absolute Gasteiger partial charge is 0.463 e. The topological polar surface area (TPSA) is 83.9 Å². The molecule has 0 aliphatic rings. The zero-order valence-electron chi connectivity index (χ0n) is 11.3. The Morgan fingerprint density at radius 1 is 1.44 bits per heavy atom. The molecular weight excluding hydrogens is 258 g/mol. The maximum absolute atomic E-state index is 10.2. The highest BCUT2D eigenvalue weighted by atomic mass is 32.2. The Morgan fingerprint density at radius 3 is 2.33 bits per heavy atom. The molecule has 0 aliphatic heterocycles. The second-order valence-electron chi connectivity index (χ2n) is 3.81. The number of ether oxygens (including phenoxy) is 1. The normalized spacial score (nSPS) is 10.5. The molecule has 108 valence electrons. The van der Waals surface area contributed by atoms with Crippen molar-refractivity contribution >= 4 is 16.1 Å². The van der Waals surface area contributed by atoms with Gasteiger partial charge in [-0.2, -0.15) is 8.42 Å². The first-order chi connectivity index (χ1) is 8.22. The van der Waals surface area contributed by atoms with Gasteiger partial charge < -0.3 is 9.64 Å². The van der Waals surface area contributed by atoms with Gasteiger partial charge in [0.05, 0.1) is 12.4 Å². The second-order valence-corrected chi connectivity index (χ2v) is 5.39. The van der Waals surface area contributed by atoms with Crippen LogP contribution >= 0.6 is 0 Å². The first-order valence-electron chi connectivity index (χ1n) is 5.62. The molecule has 18 heavy (non-hydrogen) atoms. The molecule has 7 heteroatoms. The summed E-state index contributed by atoms with van der Waals surface area (Å²) in [6.07, 6.45) is 2.50. The lowest BCUT2D eigenvalue weighted by Crippen LogP contribution is -2.16. The van der Waals surface area contributed by atoms with E-state index >= 15 is 0 Å². The van der Waals surface area contributed by atoms with Crippen LogP contribution in [0, 0.1) is 0 Å². The molecule has 0 aromatic carbocycles. The first kappa shape index (κ1) is 19.4. The molecule has 0 unspecified atom stereocenters. The van der Waals surface area contributed by atoms with Crippen molar-refractivity contribution in [2.75, 3.05) is 33.0 Å². The monoisotopic (exact) mass is 281 g/mol. The third kappa shape index (κ3) is 20.5. The van der Waals surface area contributed by atoms with Crippen LogP contribution < -0.4 is 0 Å². The summed E-state index contributed by atoms with van der Waals surface area (Å²) in [5.74, 6) is -0.489. The van der Waals surface area contributed by atoms with Crippen molar-refractivity contribution in [2.45, 2.75) is 19.8 Å². The van der Waals surface area contributed by atoms with Gasteiger partial charge in [0.1, 0.15) is 0 Å². The van der Waals surface area contributed by atoms with E-state index in [0.29, 0.717) is 19.6 Å². The van der Waals surface area contributed by atoms with E-state index in [-0.39, 0.29) is 11.7 Å². The van der Waals surface area contributed by atoms with Crippen molar-refractivity contribution in [1.29, 1.82) is 0 Å². The number of hydrogen-bond donors (Lipinski definition) is 1. The van der Waals surface area contributed by atoms with Crippen LogP contribution in [0.25, 0.3) is 0 Å². The van der Waals surface area contributed by atoms with Gasteiger partial charge in [0.25, 0.3) is 10.1 Å². The molecule has 0 saturated heterocycles. The summed E-state index contributed by atoms with van der Waals surface area (Å²) >= 11 is 0. The molecule has 0 fully saturated rings. The molecule has 0 radical (unpaired) electrons. The van der Waals surface area contributed by atoms with Crippen molar-refractivity contribution in [1.82, 2.24) is 4.90 Å². The number of esters is 1. The van der Waals surface area contributed by atoms with Crippen LogP contribution in [0.2, 0.25) is 0 Å². The van der Waals surface area contributed by atoms with E-state index in [1.54, 1.807) is 0 Å². The molecule has 0 bridgehead atoms. The lowest BCUT2D eigenvalue weighted by atomic mass is 10.5. The minimum Gasteiger partial charge on any atom is -0.463 e. The molecule has 6 nitrogen and oxygen atoms in total. The van der Waals surface area contributed by atoms with Crippen LogP contribution in [0.1, 0.15) is 19.8 Å². The van der Waals surface area contributed by atoms with E-state index in [9.17, 15) is 13.2 Å². The van der Waals surface area contributed by atoms with Gasteiger partial charge in [0.2, 0.25) is 0 Å². The Morgan fingerprint density at radius 2 is 2.00 bits per heavy atom. The molecule has 0 aliphatic carbocycles. The summed E-state index contributed by atoms with van der Waals surface area (Å²) in [5, 5.41) is 0. The highest BCUT2D eigenvalue weighted by molar-refractivity contribution is 7.85. The van der Waals surface area contributed by atoms with E-state index in [1.165, 1.54) is 0 Å². The molecular formula is C11H23NO5S. The predicted molar refractivity (Wildman–Crippen MR) is 71.0 cm³/mol. The van der Waals surface area contributed by atoms with Crippen LogP contribution in [0.3, 0.4) is 0 Å². The molecule has 0 saturated carbocycles. The van der Waals surface area contributed by atoms with Crippen molar-refractivity contribution in [3.8, 4) is 0 Å². The minimum atomic E-state index is -3.75. The summed E-state index contributed by atoms with van der Waals surface area (Å²) in [7, 11) is -0.0441. The number of nitrogens with zero attached hydrogens (tertiary/aromatic N) is 1. The van der Waals surface area contributed by atoms with Crippen molar-refractivity contribution in [3.63, 3.8) is 0 Å². The quantitative estimate of drug-likeness (QED) is 0.425. The van der Waals surface area contributed by atoms with Gasteiger partial charge in [-0.25, -0.2) is 4.79 Å². The average molecular weight is 281 g/mol. The zero-order chi connectivity index (χ0) is 14.6. The summed E-state index contributed by atoms with van der Waals surface area (Å²) in [6, 6.07) is 0. The molecule has 0 aromatic heterocycles. The fourth-order valence-corrected chi connectivity index (χ4v) is 1.32. The molecule has 0 amide bonds. The highest BCUT2D eigenvalue weighted by Crippen LogP contribution is 1.89. The Balaban J connectivity index is 0. The van der Waals surface area contributed by atoms with E-state index in [2.05, 4.69) is 11.3 Å². The van der Waals surface area contributed by atoms with Gasteiger partial charge in [-0.3, -0.25) is 4.55 Å². The zero-order valence-corrected chi connectivity index (χ0v) is 12.1. The summed E-state index contributed by atoms with van der Waals surface area (Å²) in [5.41, 5.74) is 0. The Labute approximate surface area is 109 Å². The number of hydrogen-bond acceptors (Lipinski definition) is 5. The van der Waals surface area contributed by atoms with Gasteiger partial charge in [-0.1, -0.05) is 13.5 Å². The van der Waals surface area contributed by atoms with Crippen molar-refractivity contribution in [2.24, 2.45) is 0 Å². The van der Waals surface area contributed by atoms with Crippen LogP contribution in [0.5, 0.6) is 0 Å². The molecule has 0 heterocycles. The second kappa shape index (κ2) is 11.2. The average Bonchev–Trinajstić information content (AvgIpc) is 2.24. The third-order valence-electron chi connectivity index (χ3n) is 1.62. The number of rotatable bonds is 7. The summed E-state index contributed by atoms with van der Waals surface area (Å²) in [6.45, 7) is 6.35. The van der Waals surface area contributed by atoms with Crippen molar-refractivity contribution < 1.29 is 22.5 Å². The standard InChI is InChI=1S/C6H10O2.C5H13NO3S/c1-3-5-8-6(7)4-2;1-6(2)4-3-5-10(7,8)9/h4H,2-3,5H2,1H3;3-5H2,1-2H3,(H,7,8,9). The van der Waals surface area contributed by atoms with Gasteiger partial charge in [-0.05, 0) is 33.5 Å². The molecule has 1 N–H and O–H groups in total. The lowest BCUT2D eigenvalue weighted by Gasteiger charge is -2.06. The van der Waals surface area contributed by atoms with Gasteiger partial charge >= 0.3 is 5.97 Å². The third-order valence-corrected chi connectivity index (χ3v) is 2.43. The number of carbonyl (C=O) groups excluding carboxylic acids is 1. The maximum Gasteiger partial charge on any atom is 0.330 e. The first-order valence-corrected chi connectivity index (χ1v) is 7.23. The molecule has 0 spiro atoms. The SMILES string of the molecule is C=CC(=O)OCCC.CN(C)CCCS(=O)(=O)O. The minimum absolute atomic E-state index is 0.148. The Hall–Kier alpha value is -0.920. The van der Waals surface area contributed by atoms with Crippen LogP contribution in [0.4, 0.5) is 0 Å². The van der Waals surface area contributed by atoms with E-state index < -0.39 is 10.1 Å². The fraction of sp³-hybridized carbons (Fsp3) is 0.727. The smallest absolute Gasteiger partial charge is 0.330 e. The Bertz CT molecular complexity index is 324. The van der Waals surface area contributed by atoms with E-state index in [0.717, 1.165) is 12.5 Å². The van der Waals surface area contributed by atoms with Gasteiger partial charge in [0.15, 0.2) is 0 Å². The fourth-order valence-electron chi connectivity index (χ4n) is 0.825. The maximum atomic E-state index is 10.2. The summed E-state index contributed by atoms with van der Waals surface area (Å²) < 4.78 is 33.2. The van der Waals surface area contributed by atoms with Crippen LogP contribution in [-0.4, -0.2) is 56.8 Å². The molecule has 0 atom stereocenters. The summed E-state index contributed by atoms with van der Waals surface area (Å²) in [4.78, 5) is 12.1. The van der Waals surface area contributed by atoms with E-state index in [1.807, 2.05) is 25.9 Å². The predicted octanol–water partition coefficient (Wildman–Crippen LogP) is 0.952. The Kier molecular flexibility index (Phi) is 12.1. The van der Waals surface area contributed by atoms with Crippen LogP contribution in [0.15, 0.2) is 12.7 Å². The van der Waals surface area contributed by atoms with Gasteiger partial charge in [0, 0.05) is 6.08 Å². The van der Waals surface area contributed by atoms with Gasteiger partial charge in [-0.15, -0.1) is 0 Å². The number of carbonyl (C=O) groups is 1. The lowest BCUT2D eigenvalue weighted by molar-refractivity contribution is -0.137. The molecule has 0 rings (SSSR count). The van der Waals surface area contributed by atoms with Crippen molar-refractivity contribution in [3.05, 3.63) is 12.7 Å². The van der Waals surface area contributed by atoms with E-state index in [4.69, 9.17) is 4.55 Å².